The van der Waals surface area contributed by atoms with Crippen LogP contribution in [0.2, 0.25) is 0 Å². The van der Waals surface area contributed by atoms with Crippen molar-refractivity contribution < 1.29 is 4.79 Å². The first kappa shape index (κ1) is 17.3. The third-order valence-electron chi connectivity index (χ3n) is 4.93. The molecule has 6 heteroatoms. The molecule has 1 saturated heterocycles. The standard InChI is InChI=1S/C21H21N5O/c1-15-24-13-19(16-6-9-22-10-7-16)20(25-15)18-5-3-11-26(14-18)21(27)17-4-2-8-23-12-17/h2,4,6-10,12-13,18H,3,5,11,14H2,1H3/t18-/m1/s1. The second-order valence-corrected chi connectivity index (χ2v) is 6.78. The van der Waals surface area contributed by atoms with E-state index >= 15 is 0 Å². The minimum Gasteiger partial charge on any atom is -0.338 e. The number of hydrogen-bond donors (Lipinski definition) is 0. The van der Waals surface area contributed by atoms with Gasteiger partial charge in [-0.15, -0.1) is 0 Å². The average Bonchev–Trinajstić information content (AvgIpc) is 2.74. The van der Waals surface area contributed by atoms with Gasteiger partial charge in [0.05, 0.1) is 11.3 Å². The smallest absolute Gasteiger partial charge is 0.255 e. The fourth-order valence-corrected chi connectivity index (χ4v) is 3.61. The lowest BCUT2D eigenvalue weighted by atomic mass is 9.90. The van der Waals surface area contributed by atoms with E-state index in [1.54, 1.807) is 30.9 Å². The molecule has 3 aromatic rings. The van der Waals surface area contributed by atoms with Gasteiger partial charge < -0.3 is 4.90 Å². The Morgan fingerprint density at radius 1 is 1.11 bits per heavy atom. The third kappa shape index (κ3) is 3.69. The molecule has 0 N–H and O–H groups in total. The van der Waals surface area contributed by atoms with Crippen LogP contribution >= 0.6 is 0 Å². The minimum atomic E-state index is 0.0315. The van der Waals surface area contributed by atoms with Crippen LogP contribution in [-0.4, -0.2) is 43.8 Å². The summed E-state index contributed by atoms with van der Waals surface area (Å²) < 4.78 is 0. The molecule has 0 unspecified atom stereocenters. The molecule has 1 fully saturated rings. The molecular weight excluding hydrogens is 338 g/mol. The van der Waals surface area contributed by atoms with Gasteiger partial charge in [-0.25, -0.2) is 9.97 Å². The van der Waals surface area contributed by atoms with Gasteiger partial charge in [0.15, 0.2) is 0 Å². The molecule has 27 heavy (non-hydrogen) atoms. The van der Waals surface area contributed by atoms with Crippen molar-refractivity contribution in [1.82, 2.24) is 24.8 Å². The Morgan fingerprint density at radius 3 is 2.74 bits per heavy atom. The Labute approximate surface area is 158 Å². The highest BCUT2D eigenvalue weighted by Gasteiger charge is 2.28. The van der Waals surface area contributed by atoms with Crippen molar-refractivity contribution in [1.29, 1.82) is 0 Å². The number of rotatable bonds is 3. The van der Waals surface area contributed by atoms with Crippen molar-refractivity contribution in [2.75, 3.05) is 13.1 Å². The molecule has 0 bridgehead atoms. The maximum absolute atomic E-state index is 12.8. The van der Waals surface area contributed by atoms with Gasteiger partial charge in [0.25, 0.3) is 5.91 Å². The topological polar surface area (TPSA) is 71.9 Å². The lowest BCUT2D eigenvalue weighted by Gasteiger charge is -2.33. The van der Waals surface area contributed by atoms with Crippen LogP contribution < -0.4 is 0 Å². The molecule has 1 aliphatic heterocycles. The number of pyridine rings is 2. The maximum atomic E-state index is 12.8. The fourth-order valence-electron chi connectivity index (χ4n) is 3.61. The lowest BCUT2D eigenvalue weighted by molar-refractivity contribution is 0.0705. The average molecular weight is 359 g/mol. The number of carbonyl (C=O) groups excluding carboxylic acids is 1. The molecule has 4 rings (SSSR count). The monoisotopic (exact) mass is 359 g/mol. The van der Waals surface area contributed by atoms with E-state index in [2.05, 4.69) is 15.0 Å². The molecule has 0 aliphatic carbocycles. The predicted octanol–water partition coefficient (Wildman–Crippen LogP) is 3.26. The van der Waals surface area contributed by atoms with Gasteiger partial charge in [0.1, 0.15) is 5.82 Å². The van der Waals surface area contributed by atoms with Gasteiger partial charge in [0.2, 0.25) is 0 Å². The zero-order chi connectivity index (χ0) is 18.6. The van der Waals surface area contributed by atoms with E-state index < -0.39 is 0 Å². The molecule has 1 aliphatic rings. The van der Waals surface area contributed by atoms with Crippen LogP contribution in [0.3, 0.4) is 0 Å². The number of hydrogen-bond acceptors (Lipinski definition) is 5. The third-order valence-corrected chi connectivity index (χ3v) is 4.93. The molecule has 0 aromatic carbocycles. The van der Waals surface area contributed by atoms with Crippen LogP contribution in [0.5, 0.6) is 0 Å². The second-order valence-electron chi connectivity index (χ2n) is 6.78. The van der Waals surface area contributed by atoms with Crippen molar-refractivity contribution in [2.24, 2.45) is 0 Å². The van der Waals surface area contributed by atoms with Gasteiger partial charge in [0, 0.05) is 55.6 Å². The summed E-state index contributed by atoms with van der Waals surface area (Å²) in [6.45, 7) is 3.32. The normalized spacial score (nSPS) is 16.9. The highest BCUT2D eigenvalue weighted by Crippen LogP contribution is 2.33. The molecule has 0 spiro atoms. The van der Waals surface area contributed by atoms with Crippen LogP contribution in [0.1, 0.15) is 40.6 Å². The molecular formula is C21H21N5O. The molecule has 1 atom stereocenters. The van der Waals surface area contributed by atoms with Crippen molar-refractivity contribution in [2.45, 2.75) is 25.7 Å². The number of aromatic nitrogens is 4. The number of likely N-dealkylation sites (tertiary alicyclic amines) is 1. The molecule has 3 aromatic heterocycles. The van der Waals surface area contributed by atoms with Gasteiger partial charge in [-0.2, -0.15) is 0 Å². The van der Waals surface area contributed by atoms with Gasteiger partial charge in [-0.1, -0.05) is 0 Å². The van der Waals surface area contributed by atoms with Crippen LogP contribution in [0.25, 0.3) is 11.1 Å². The maximum Gasteiger partial charge on any atom is 0.255 e. The first-order valence-corrected chi connectivity index (χ1v) is 9.15. The zero-order valence-electron chi connectivity index (χ0n) is 15.2. The Hall–Kier alpha value is -3.15. The van der Waals surface area contributed by atoms with E-state index in [1.807, 2.05) is 36.2 Å². The molecule has 136 valence electrons. The molecule has 6 nitrogen and oxygen atoms in total. The predicted molar refractivity (Wildman–Crippen MR) is 102 cm³/mol. The van der Waals surface area contributed by atoms with E-state index in [0.29, 0.717) is 12.1 Å². The highest BCUT2D eigenvalue weighted by atomic mass is 16.2. The Morgan fingerprint density at radius 2 is 1.96 bits per heavy atom. The van der Waals surface area contributed by atoms with Crippen LogP contribution in [0, 0.1) is 6.92 Å². The van der Waals surface area contributed by atoms with Crippen molar-refractivity contribution in [3.63, 3.8) is 0 Å². The summed E-state index contributed by atoms with van der Waals surface area (Å²) in [4.78, 5) is 32.1. The first-order valence-electron chi connectivity index (χ1n) is 9.15. The number of nitrogens with zero attached hydrogens (tertiary/aromatic N) is 5. The van der Waals surface area contributed by atoms with E-state index in [0.717, 1.165) is 42.0 Å². The zero-order valence-corrected chi connectivity index (χ0v) is 15.2. The molecule has 0 saturated carbocycles. The Bertz CT molecular complexity index is 930. The highest BCUT2D eigenvalue weighted by molar-refractivity contribution is 5.94. The Balaban J connectivity index is 1.64. The largest absolute Gasteiger partial charge is 0.338 e. The minimum absolute atomic E-state index is 0.0315. The van der Waals surface area contributed by atoms with E-state index in [-0.39, 0.29) is 11.8 Å². The fraction of sp³-hybridized carbons (Fsp3) is 0.286. The summed E-state index contributed by atoms with van der Waals surface area (Å²) >= 11 is 0. The number of aryl methyl sites for hydroxylation is 1. The lowest BCUT2D eigenvalue weighted by Crippen LogP contribution is -2.39. The number of amides is 1. The van der Waals surface area contributed by atoms with Crippen molar-refractivity contribution in [3.8, 4) is 11.1 Å². The van der Waals surface area contributed by atoms with Crippen LogP contribution in [0.4, 0.5) is 0 Å². The summed E-state index contributed by atoms with van der Waals surface area (Å²) in [5.74, 6) is 0.965. The van der Waals surface area contributed by atoms with Crippen LogP contribution in [-0.2, 0) is 0 Å². The van der Waals surface area contributed by atoms with Gasteiger partial charge in [-0.3, -0.25) is 14.8 Å². The number of piperidine rings is 1. The molecule has 0 radical (unpaired) electrons. The first-order chi connectivity index (χ1) is 13.2. The number of carbonyl (C=O) groups is 1. The van der Waals surface area contributed by atoms with E-state index in [9.17, 15) is 4.79 Å². The van der Waals surface area contributed by atoms with Gasteiger partial charge >= 0.3 is 0 Å². The molecule has 4 heterocycles. The molecule has 1 amide bonds. The van der Waals surface area contributed by atoms with Gasteiger partial charge in [-0.05, 0) is 49.6 Å². The van der Waals surface area contributed by atoms with Crippen LogP contribution in [0.15, 0.2) is 55.2 Å². The van der Waals surface area contributed by atoms with E-state index in [4.69, 9.17) is 4.98 Å². The summed E-state index contributed by atoms with van der Waals surface area (Å²) in [5.41, 5.74) is 3.71. The second kappa shape index (κ2) is 7.61. The Kier molecular flexibility index (Phi) is 4.87. The summed E-state index contributed by atoms with van der Waals surface area (Å²) in [7, 11) is 0. The quantitative estimate of drug-likeness (QED) is 0.718. The SMILES string of the molecule is Cc1ncc(-c2ccncc2)c([C@@H]2CCCN(C(=O)c3cccnc3)C2)n1. The van der Waals surface area contributed by atoms with Crippen molar-refractivity contribution >= 4 is 5.91 Å². The summed E-state index contributed by atoms with van der Waals surface area (Å²) in [6.07, 6.45) is 10.7. The van der Waals surface area contributed by atoms with Crippen molar-refractivity contribution in [3.05, 3.63) is 72.3 Å². The summed E-state index contributed by atoms with van der Waals surface area (Å²) in [5, 5.41) is 0. The summed E-state index contributed by atoms with van der Waals surface area (Å²) in [6, 6.07) is 7.55. The van der Waals surface area contributed by atoms with E-state index in [1.165, 1.54) is 0 Å².